The van der Waals surface area contributed by atoms with Crippen molar-refractivity contribution < 1.29 is 10.2 Å². The molecule has 0 heterocycles. The highest BCUT2D eigenvalue weighted by atomic mass is 16.3. The zero-order chi connectivity index (χ0) is 27.5. The van der Waals surface area contributed by atoms with E-state index >= 15 is 0 Å². The zero-order valence-electron chi connectivity index (χ0n) is 25.2. The summed E-state index contributed by atoms with van der Waals surface area (Å²) in [6.45, 7) is 19.9. The molecule has 3 fully saturated rings. The average molecular weight is 519 g/mol. The van der Waals surface area contributed by atoms with Crippen LogP contribution in [-0.4, -0.2) is 10.2 Å². The van der Waals surface area contributed by atoms with Crippen LogP contribution < -0.4 is 0 Å². The molecule has 3 saturated carbocycles. The topological polar surface area (TPSA) is 40.5 Å². The van der Waals surface area contributed by atoms with Crippen LogP contribution in [0.3, 0.4) is 0 Å². The Bertz CT molecular complexity index is 1100. The summed E-state index contributed by atoms with van der Waals surface area (Å²) in [6, 6.07) is 5.01. The molecule has 0 aliphatic heterocycles. The Balaban J connectivity index is 1.39. The SMILES string of the molecule is C=C1CC[C@@H]2C(C)(C)CCC[C@]2(C)[C@H]1CC[C@@]1(C)CCC[C@]2(C)[C@@H](Cc3cc(O)ccc3O)C(C)=CC[C@@H]12. The molecular formula is C36H54O2. The number of allylic oxidation sites excluding steroid dienone is 3. The molecule has 38 heavy (non-hydrogen) atoms. The number of phenolic OH excluding ortho intramolecular Hbond substituents is 2. The van der Waals surface area contributed by atoms with Crippen LogP contribution in [0.2, 0.25) is 0 Å². The van der Waals surface area contributed by atoms with Crippen LogP contribution in [0.15, 0.2) is 42.0 Å². The number of rotatable bonds is 5. The van der Waals surface area contributed by atoms with Gasteiger partial charge >= 0.3 is 0 Å². The standard InChI is InChI=1S/C36H54O2/c1-24-10-14-31-33(3,4)17-8-19-35(31,6)28(24)16-21-34(5)18-9-20-36(7)29(25(2)11-15-32(34)36)23-26-22-27(37)12-13-30(26)38/h11-13,22,28-29,31-32,37-38H,1,8-10,14-21,23H2,2-7H3/t28-,29-,31+,32-,34+,35+,36+/m0/s1. The number of aromatic hydroxyl groups is 2. The van der Waals surface area contributed by atoms with Crippen LogP contribution in [0.1, 0.15) is 118 Å². The van der Waals surface area contributed by atoms with Gasteiger partial charge in [-0.15, -0.1) is 0 Å². The largest absolute Gasteiger partial charge is 0.508 e. The van der Waals surface area contributed by atoms with Crippen molar-refractivity contribution in [1.29, 1.82) is 0 Å². The maximum absolute atomic E-state index is 10.6. The highest BCUT2D eigenvalue weighted by Crippen LogP contribution is 2.65. The zero-order valence-corrected chi connectivity index (χ0v) is 25.2. The van der Waals surface area contributed by atoms with Crippen molar-refractivity contribution >= 4 is 0 Å². The molecule has 0 aromatic heterocycles. The summed E-state index contributed by atoms with van der Waals surface area (Å²) in [4.78, 5) is 0. The van der Waals surface area contributed by atoms with Gasteiger partial charge in [0.25, 0.3) is 0 Å². The third kappa shape index (κ3) is 4.56. The van der Waals surface area contributed by atoms with E-state index in [1.165, 1.54) is 76.2 Å². The van der Waals surface area contributed by atoms with Crippen LogP contribution in [0, 0.1) is 45.3 Å². The first-order valence-electron chi connectivity index (χ1n) is 15.7. The summed E-state index contributed by atoms with van der Waals surface area (Å²) in [7, 11) is 0. The second-order valence-corrected chi connectivity index (χ2v) is 15.5. The molecule has 0 saturated heterocycles. The Kier molecular flexibility index (Phi) is 7.14. The molecule has 2 N–H and O–H groups in total. The smallest absolute Gasteiger partial charge is 0.119 e. The highest BCUT2D eigenvalue weighted by Gasteiger charge is 2.56. The fourth-order valence-electron chi connectivity index (χ4n) is 10.9. The van der Waals surface area contributed by atoms with Crippen LogP contribution in [0.25, 0.3) is 0 Å². The van der Waals surface area contributed by atoms with Gasteiger partial charge in [-0.25, -0.2) is 0 Å². The minimum absolute atomic E-state index is 0.215. The van der Waals surface area contributed by atoms with E-state index < -0.39 is 0 Å². The number of hydrogen-bond donors (Lipinski definition) is 2. The van der Waals surface area contributed by atoms with Gasteiger partial charge in [-0.3, -0.25) is 0 Å². The van der Waals surface area contributed by atoms with Gasteiger partial charge in [-0.2, -0.15) is 0 Å². The maximum atomic E-state index is 10.6. The van der Waals surface area contributed by atoms with E-state index in [0.29, 0.717) is 39.7 Å². The first-order chi connectivity index (χ1) is 17.8. The van der Waals surface area contributed by atoms with Crippen molar-refractivity contribution in [3.05, 3.63) is 47.6 Å². The van der Waals surface area contributed by atoms with Crippen molar-refractivity contribution in [3.63, 3.8) is 0 Å². The minimum atomic E-state index is 0.215. The molecule has 210 valence electrons. The van der Waals surface area contributed by atoms with E-state index in [4.69, 9.17) is 6.58 Å². The van der Waals surface area contributed by atoms with Crippen LogP contribution in [-0.2, 0) is 6.42 Å². The van der Waals surface area contributed by atoms with Gasteiger partial charge in [0.05, 0.1) is 0 Å². The van der Waals surface area contributed by atoms with E-state index in [1.807, 2.05) is 0 Å². The summed E-state index contributed by atoms with van der Waals surface area (Å²) in [5, 5.41) is 20.7. The van der Waals surface area contributed by atoms with E-state index in [2.05, 4.69) is 47.6 Å². The number of fused-ring (bicyclic) bond motifs is 2. The first kappa shape index (κ1) is 27.9. The molecule has 0 unspecified atom stereocenters. The lowest BCUT2D eigenvalue weighted by atomic mass is 9.45. The van der Waals surface area contributed by atoms with Crippen LogP contribution >= 0.6 is 0 Å². The van der Waals surface area contributed by atoms with Gasteiger partial charge < -0.3 is 10.2 Å². The molecule has 5 rings (SSSR count). The lowest BCUT2D eigenvalue weighted by Crippen LogP contribution is -2.51. The van der Waals surface area contributed by atoms with Gasteiger partial charge in [-0.05, 0) is 140 Å². The predicted molar refractivity (Wildman–Crippen MR) is 159 cm³/mol. The van der Waals surface area contributed by atoms with E-state index in [1.54, 1.807) is 23.8 Å². The second kappa shape index (κ2) is 9.74. The average Bonchev–Trinajstić information content (AvgIpc) is 2.82. The molecule has 4 aliphatic carbocycles. The molecule has 2 nitrogen and oxygen atoms in total. The first-order valence-corrected chi connectivity index (χ1v) is 15.7. The van der Waals surface area contributed by atoms with Crippen LogP contribution in [0.4, 0.5) is 0 Å². The second-order valence-electron chi connectivity index (χ2n) is 15.5. The molecule has 4 aliphatic rings. The molecule has 0 bridgehead atoms. The molecular weight excluding hydrogens is 464 g/mol. The van der Waals surface area contributed by atoms with Crippen molar-refractivity contribution in [3.8, 4) is 11.5 Å². The Labute approximate surface area is 233 Å². The molecule has 1 aromatic carbocycles. The van der Waals surface area contributed by atoms with E-state index in [-0.39, 0.29) is 11.2 Å². The van der Waals surface area contributed by atoms with Crippen molar-refractivity contribution in [2.45, 2.75) is 119 Å². The number of hydrogen-bond acceptors (Lipinski definition) is 2. The molecule has 1 aromatic rings. The minimum Gasteiger partial charge on any atom is -0.508 e. The quantitative estimate of drug-likeness (QED) is 0.301. The molecule has 2 heteroatoms. The summed E-state index contributed by atoms with van der Waals surface area (Å²) >= 11 is 0. The van der Waals surface area contributed by atoms with Crippen molar-refractivity contribution in [1.82, 2.24) is 0 Å². The Morgan fingerprint density at radius 2 is 1.58 bits per heavy atom. The third-order valence-electron chi connectivity index (χ3n) is 12.9. The fourth-order valence-corrected chi connectivity index (χ4v) is 10.9. The molecule has 0 amide bonds. The predicted octanol–water partition coefficient (Wildman–Crippen LogP) is 10.00. The van der Waals surface area contributed by atoms with Gasteiger partial charge in [-0.1, -0.05) is 71.3 Å². The monoisotopic (exact) mass is 518 g/mol. The molecule has 7 atom stereocenters. The Morgan fingerprint density at radius 1 is 0.895 bits per heavy atom. The van der Waals surface area contributed by atoms with Gasteiger partial charge in [0, 0.05) is 0 Å². The van der Waals surface area contributed by atoms with Crippen molar-refractivity contribution in [2.75, 3.05) is 0 Å². The van der Waals surface area contributed by atoms with E-state index in [9.17, 15) is 10.2 Å². The lowest BCUT2D eigenvalue weighted by Gasteiger charge is -2.60. The summed E-state index contributed by atoms with van der Waals surface area (Å²) in [5.41, 5.74) is 5.30. The maximum Gasteiger partial charge on any atom is 0.119 e. The third-order valence-corrected chi connectivity index (χ3v) is 12.9. The number of benzene rings is 1. The highest BCUT2D eigenvalue weighted by molar-refractivity contribution is 5.40. The summed E-state index contributed by atoms with van der Waals surface area (Å²) < 4.78 is 0. The summed E-state index contributed by atoms with van der Waals surface area (Å²) in [6.07, 6.45) is 17.7. The Morgan fingerprint density at radius 3 is 2.32 bits per heavy atom. The van der Waals surface area contributed by atoms with Gasteiger partial charge in [0.15, 0.2) is 0 Å². The van der Waals surface area contributed by atoms with Gasteiger partial charge in [0.2, 0.25) is 0 Å². The fraction of sp³-hybridized carbons (Fsp3) is 0.722. The normalized spacial score (nSPS) is 40.7. The van der Waals surface area contributed by atoms with E-state index in [0.717, 1.165) is 17.9 Å². The van der Waals surface area contributed by atoms with Crippen molar-refractivity contribution in [2.24, 2.45) is 45.3 Å². The molecule has 0 radical (unpaired) electrons. The number of phenols is 2. The van der Waals surface area contributed by atoms with Gasteiger partial charge in [0.1, 0.15) is 11.5 Å². The lowest BCUT2D eigenvalue weighted by molar-refractivity contribution is -0.0748. The summed E-state index contributed by atoms with van der Waals surface area (Å²) in [5.74, 6) is 3.10. The van der Waals surface area contributed by atoms with Crippen LogP contribution in [0.5, 0.6) is 11.5 Å². The molecule has 0 spiro atoms. The Hall–Kier alpha value is -1.70.